The fraction of sp³-hybridized carbons (Fsp3) is 0.269. The lowest BCUT2D eigenvalue weighted by Gasteiger charge is -2.34. The molecule has 0 bridgehead atoms. The highest BCUT2D eigenvalue weighted by Crippen LogP contribution is 2.30. The summed E-state index contributed by atoms with van der Waals surface area (Å²) in [5.41, 5.74) is 2.12. The van der Waals surface area contributed by atoms with Crippen LogP contribution in [0, 0.1) is 5.82 Å². The van der Waals surface area contributed by atoms with Gasteiger partial charge in [-0.25, -0.2) is 14.2 Å². The largest absolute Gasteiger partial charge is 0.449 e. The number of aliphatic hydroxyl groups is 1. The maximum Gasteiger partial charge on any atom is 0.409 e. The molecular weight excluding hydrogens is 473 g/mol. The highest BCUT2D eigenvalue weighted by Gasteiger charge is 2.26. The number of piperazine rings is 1. The summed E-state index contributed by atoms with van der Waals surface area (Å²) in [5, 5.41) is 10.3. The number of aromatic nitrogens is 1. The van der Waals surface area contributed by atoms with Gasteiger partial charge in [-0.1, -0.05) is 35.9 Å². The van der Waals surface area contributed by atoms with Crippen molar-refractivity contribution in [3.8, 4) is 11.3 Å². The highest BCUT2D eigenvalue weighted by atomic mass is 35.5. The van der Waals surface area contributed by atoms with E-state index in [1.165, 1.54) is 12.1 Å². The van der Waals surface area contributed by atoms with E-state index in [1.807, 2.05) is 0 Å². The van der Waals surface area contributed by atoms with Crippen LogP contribution in [0.1, 0.15) is 22.3 Å². The van der Waals surface area contributed by atoms with Gasteiger partial charge in [0.15, 0.2) is 0 Å². The van der Waals surface area contributed by atoms with E-state index in [0.29, 0.717) is 65.3 Å². The zero-order valence-electron chi connectivity index (χ0n) is 19.0. The quantitative estimate of drug-likeness (QED) is 0.395. The Hall–Kier alpha value is -3.49. The molecule has 2 aromatic carbocycles. The number of rotatable bonds is 6. The van der Waals surface area contributed by atoms with E-state index >= 15 is 0 Å². The zero-order valence-corrected chi connectivity index (χ0v) is 19.8. The Labute approximate surface area is 207 Å². The molecule has 7 nitrogen and oxygen atoms in total. The molecule has 1 fully saturated rings. The second-order valence-corrected chi connectivity index (χ2v) is 8.56. The monoisotopic (exact) mass is 497 g/mol. The minimum Gasteiger partial charge on any atom is -0.449 e. The predicted octanol–water partition coefficient (Wildman–Crippen LogP) is 4.66. The van der Waals surface area contributed by atoms with Crippen LogP contribution < -0.4 is 0 Å². The summed E-state index contributed by atoms with van der Waals surface area (Å²) in [7, 11) is 0. The third-order valence-electron chi connectivity index (χ3n) is 5.90. The number of pyridine rings is 1. The Morgan fingerprint density at radius 2 is 1.86 bits per heavy atom. The SMILES string of the molecule is C=CCCOC(=O)N1CCN(C(=O)c2ccc3c(Cl)cc(-c4ccc(CO)c(F)c4)nc3c2)CC1. The van der Waals surface area contributed by atoms with Crippen molar-refractivity contribution in [1.82, 2.24) is 14.8 Å². The molecule has 0 unspecified atom stereocenters. The minimum absolute atomic E-state index is 0.173. The van der Waals surface area contributed by atoms with Crippen LogP contribution in [0.25, 0.3) is 22.2 Å². The normalized spacial score (nSPS) is 13.7. The Morgan fingerprint density at radius 1 is 1.11 bits per heavy atom. The van der Waals surface area contributed by atoms with E-state index in [4.69, 9.17) is 16.3 Å². The van der Waals surface area contributed by atoms with Crippen molar-refractivity contribution in [3.05, 3.63) is 77.1 Å². The van der Waals surface area contributed by atoms with Gasteiger partial charge in [-0.2, -0.15) is 0 Å². The molecular formula is C26H25ClFN3O4. The molecule has 1 aliphatic heterocycles. The number of halogens is 2. The van der Waals surface area contributed by atoms with Gasteiger partial charge in [-0.15, -0.1) is 6.58 Å². The molecule has 9 heteroatoms. The number of benzene rings is 2. The second kappa shape index (κ2) is 10.8. The van der Waals surface area contributed by atoms with Crippen LogP contribution >= 0.6 is 11.6 Å². The molecule has 1 aromatic heterocycles. The van der Waals surface area contributed by atoms with Crippen LogP contribution in [-0.2, 0) is 11.3 Å². The average Bonchev–Trinajstić information content (AvgIpc) is 2.88. The number of ether oxygens (including phenoxy) is 1. The van der Waals surface area contributed by atoms with Gasteiger partial charge in [0, 0.05) is 48.3 Å². The molecule has 2 heterocycles. The van der Waals surface area contributed by atoms with Gasteiger partial charge in [-0.3, -0.25) is 4.79 Å². The van der Waals surface area contributed by atoms with E-state index in [2.05, 4.69) is 11.6 Å². The predicted molar refractivity (Wildman–Crippen MR) is 132 cm³/mol. The van der Waals surface area contributed by atoms with Crippen LogP contribution in [0.2, 0.25) is 5.02 Å². The van der Waals surface area contributed by atoms with Crippen molar-refractivity contribution in [2.45, 2.75) is 13.0 Å². The molecule has 3 aromatic rings. The molecule has 1 N–H and O–H groups in total. The Kier molecular flexibility index (Phi) is 7.63. The first kappa shape index (κ1) is 24.6. The molecule has 4 rings (SSSR count). The minimum atomic E-state index is -0.532. The Morgan fingerprint density at radius 3 is 2.54 bits per heavy atom. The van der Waals surface area contributed by atoms with Crippen molar-refractivity contribution >= 4 is 34.5 Å². The first-order valence-corrected chi connectivity index (χ1v) is 11.6. The van der Waals surface area contributed by atoms with E-state index in [-0.39, 0.29) is 24.2 Å². The topological polar surface area (TPSA) is 83.0 Å². The summed E-state index contributed by atoms with van der Waals surface area (Å²) in [6, 6.07) is 11.2. The number of hydrogen-bond acceptors (Lipinski definition) is 5. The van der Waals surface area contributed by atoms with E-state index < -0.39 is 12.4 Å². The molecule has 0 saturated carbocycles. The first-order chi connectivity index (χ1) is 16.9. The van der Waals surface area contributed by atoms with Crippen molar-refractivity contribution < 1.29 is 23.8 Å². The summed E-state index contributed by atoms with van der Waals surface area (Å²) in [5.74, 6) is -0.705. The van der Waals surface area contributed by atoms with Crippen molar-refractivity contribution in [2.75, 3.05) is 32.8 Å². The van der Waals surface area contributed by atoms with Gasteiger partial charge in [0.1, 0.15) is 5.82 Å². The lowest BCUT2D eigenvalue weighted by molar-refractivity contribution is 0.0564. The van der Waals surface area contributed by atoms with Crippen molar-refractivity contribution in [1.29, 1.82) is 0 Å². The van der Waals surface area contributed by atoms with Crippen LogP contribution in [0.3, 0.4) is 0 Å². The van der Waals surface area contributed by atoms with E-state index in [9.17, 15) is 19.1 Å². The van der Waals surface area contributed by atoms with E-state index in [0.717, 1.165) is 0 Å². The molecule has 0 radical (unpaired) electrons. The van der Waals surface area contributed by atoms with Gasteiger partial charge < -0.3 is 19.6 Å². The molecule has 1 aliphatic rings. The number of carbonyl (C=O) groups excluding carboxylic acids is 2. The number of fused-ring (bicyclic) bond motifs is 1. The second-order valence-electron chi connectivity index (χ2n) is 8.16. The van der Waals surface area contributed by atoms with Crippen molar-refractivity contribution in [3.63, 3.8) is 0 Å². The number of amides is 2. The fourth-order valence-electron chi connectivity index (χ4n) is 3.90. The summed E-state index contributed by atoms with van der Waals surface area (Å²) >= 11 is 6.46. The average molecular weight is 498 g/mol. The number of nitrogens with zero attached hydrogens (tertiary/aromatic N) is 3. The lowest BCUT2D eigenvalue weighted by Crippen LogP contribution is -2.50. The Bertz CT molecular complexity index is 1270. The summed E-state index contributed by atoms with van der Waals surface area (Å²) < 4.78 is 19.4. The molecule has 2 amide bonds. The van der Waals surface area contributed by atoms with Gasteiger partial charge in [0.05, 0.1) is 29.4 Å². The number of hydrogen-bond donors (Lipinski definition) is 1. The maximum absolute atomic E-state index is 14.2. The third kappa shape index (κ3) is 5.44. The van der Waals surface area contributed by atoms with Gasteiger partial charge >= 0.3 is 6.09 Å². The first-order valence-electron chi connectivity index (χ1n) is 11.2. The standard InChI is InChI=1S/C26H25ClFN3O4/c1-2-3-12-35-26(34)31-10-8-30(9-11-31)25(33)18-6-7-20-21(27)15-23(29-24(20)14-18)17-4-5-19(16-32)22(28)13-17/h2,4-7,13-15,32H,1,3,8-12,16H2. The smallest absolute Gasteiger partial charge is 0.409 e. The Balaban J connectivity index is 1.51. The number of carbonyl (C=O) groups is 2. The fourth-order valence-corrected chi connectivity index (χ4v) is 4.16. The van der Waals surface area contributed by atoms with Crippen LogP contribution in [0.5, 0.6) is 0 Å². The number of aliphatic hydroxyl groups excluding tert-OH is 1. The maximum atomic E-state index is 14.2. The third-order valence-corrected chi connectivity index (χ3v) is 6.21. The van der Waals surface area contributed by atoms with Gasteiger partial charge in [-0.05, 0) is 30.7 Å². The summed E-state index contributed by atoms with van der Waals surface area (Å²) in [6.07, 6.45) is 1.89. The van der Waals surface area contributed by atoms with E-state index in [1.54, 1.807) is 46.2 Å². The molecule has 182 valence electrons. The highest BCUT2D eigenvalue weighted by molar-refractivity contribution is 6.35. The zero-order chi connectivity index (χ0) is 24.9. The van der Waals surface area contributed by atoms with Crippen molar-refractivity contribution in [2.24, 2.45) is 0 Å². The molecule has 0 aliphatic carbocycles. The van der Waals surface area contributed by atoms with Gasteiger partial charge in [0.25, 0.3) is 5.91 Å². The molecule has 0 atom stereocenters. The van der Waals surface area contributed by atoms with Crippen LogP contribution in [0.4, 0.5) is 9.18 Å². The van der Waals surface area contributed by atoms with Crippen LogP contribution in [-0.4, -0.2) is 64.7 Å². The van der Waals surface area contributed by atoms with Crippen LogP contribution in [0.15, 0.2) is 55.1 Å². The summed E-state index contributed by atoms with van der Waals surface area (Å²) in [6.45, 7) is 5.03. The molecule has 1 saturated heterocycles. The molecule has 0 spiro atoms. The van der Waals surface area contributed by atoms with Gasteiger partial charge in [0.2, 0.25) is 0 Å². The summed E-state index contributed by atoms with van der Waals surface area (Å²) in [4.78, 5) is 33.1. The molecule has 35 heavy (non-hydrogen) atoms. The lowest BCUT2D eigenvalue weighted by atomic mass is 10.1.